The number of methoxy groups -OCH3 is 2. The summed E-state index contributed by atoms with van der Waals surface area (Å²) < 4.78 is 10.5. The van der Waals surface area contributed by atoms with Gasteiger partial charge in [-0.25, -0.2) is 0 Å². The van der Waals surface area contributed by atoms with E-state index in [0.29, 0.717) is 23.6 Å². The van der Waals surface area contributed by atoms with Gasteiger partial charge in [0.1, 0.15) is 11.5 Å². The molecule has 0 saturated heterocycles. The van der Waals surface area contributed by atoms with E-state index in [1.165, 1.54) is 11.8 Å². The average Bonchev–Trinajstić information content (AvgIpc) is 2.84. The normalized spacial score (nSPS) is 15.9. The molecule has 3 rings (SSSR count). The smallest absolute Gasteiger partial charge is 0.237 e. The number of anilines is 2. The molecule has 2 N–H and O–H groups in total. The first kappa shape index (κ1) is 19.1. The predicted molar refractivity (Wildman–Crippen MR) is 108 cm³/mol. The second kappa shape index (κ2) is 8.81. The number of thioether (sulfide) groups is 1. The third kappa shape index (κ3) is 4.74. The van der Waals surface area contributed by atoms with Crippen molar-refractivity contribution >= 4 is 35.0 Å². The van der Waals surface area contributed by atoms with E-state index >= 15 is 0 Å². The molecule has 1 aliphatic rings. The highest BCUT2D eigenvalue weighted by molar-refractivity contribution is 8.01. The van der Waals surface area contributed by atoms with Crippen LogP contribution in [-0.4, -0.2) is 37.0 Å². The Labute approximate surface area is 162 Å². The Hall–Kier alpha value is -2.67. The van der Waals surface area contributed by atoms with Crippen molar-refractivity contribution in [2.75, 3.05) is 30.6 Å². The molecule has 1 heterocycles. The van der Waals surface area contributed by atoms with Gasteiger partial charge in [0.2, 0.25) is 11.8 Å². The number of amides is 2. The molecule has 27 heavy (non-hydrogen) atoms. The zero-order chi connectivity index (χ0) is 19.2. The number of aryl methyl sites for hydroxylation is 1. The minimum Gasteiger partial charge on any atom is -0.497 e. The Bertz CT molecular complexity index is 840. The first-order valence-electron chi connectivity index (χ1n) is 8.63. The summed E-state index contributed by atoms with van der Waals surface area (Å²) in [5.41, 5.74) is 2.52. The molecule has 1 aliphatic heterocycles. The molecule has 0 unspecified atom stereocenters. The van der Waals surface area contributed by atoms with Crippen LogP contribution in [0.4, 0.5) is 11.4 Å². The molecule has 1 atom stereocenters. The summed E-state index contributed by atoms with van der Waals surface area (Å²) in [7, 11) is 3.10. The highest BCUT2D eigenvalue weighted by Gasteiger charge is 2.24. The van der Waals surface area contributed by atoms with E-state index in [1.54, 1.807) is 32.4 Å². The summed E-state index contributed by atoms with van der Waals surface area (Å²) >= 11 is 1.34. The number of para-hydroxylation sites is 1. The number of carbonyl (C=O) groups is 2. The maximum absolute atomic E-state index is 12.4. The fourth-order valence-corrected chi connectivity index (χ4v) is 3.84. The molecule has 2 aromatic rings. The molecule has 0 aliphatic carbocycles. The van der Waals surface area contributed by atoms with Gasteiger partial charge in [-0.3, -0.25) is 9.59 Å². The molecule has 0 spiro atoms. The minimum absolute atomic E-state index is 0.0586. The lowest BCUT2D eigenvalue weighted by molar-refractivity contribution is -0.115. The summed E-state index contributed by atoms with van der Waals surface area (Å²) in [6.45, 7) is 0. The second-order valence-electron chi connectivity index (χ2n) is 6.10. The van der Waals surface area contributed by atoms with Gasteiger partial charge >= 0.3 is 0 Å². The molecule has 2 aromatic carbocycles. The molecule has 0 aromatic heterocycles. The molecule has 0 saturated carbocycles. The van der Waals surface area contributed by atoms with Crippen molar-refractivity contribution in [1.29, 1.82) is 0 Å². The van der Waals surface area contributed by atoms with Crippen LogP contribution in [0, 0.1) is 0 Å². The third-order valence-corrected chi connectivity index (χ3v) is 5.62. The van der Waals surface area contributed by atoms with Gasteiger partial charge in [-0.15, -0.1) is 11.8 Å². The Morgan fingerprint density at radius 3 is 2.81 bits per heavy atom. The highest BCUT2D eigenvalue weighted by atomic mass is 32.2. The molecular weight excluding hydrogens is 364 g/mol. The topological polar surface area (TPSA) is 76.7 Å². The zero-order valence-corrected chi connectivity index (χ0v) is 16.1. The number of benzene rings is 2. The van der Waals surface area contributed by atoms with Gasteiger partial charge < -0.3 is 20.1 Å². The maximum Gasteiger partial charge on any atom is 0.237 e. The van der Waals surface area contributed by atoms with Crippen LogP contribution >= 0.6 is 11.8 Å². The largest absolute Gasteiger partial charge is 0.497 e. The Kier molecular flexibility index (Phi) is 6.24. The number of carbonyl (C=O) groups excluding carboxylic acids is 2. The lowest BCUT2D eigenvalue weighted by Gasteiger charge is -2.14. The Balaban J connectivity index is 1.59. The van der Waals surface area contributed by atoms with Crippen LogP contribution in [0.25, 0.3) is 0 Å². The Morgan fingerprint density at radius 1 is 1.22 bits per heavy atom. The van der Waals surface area contributed by atoms with Crippen molar-refractivity contribution in [2.24, 2.45) is 0 Å². The van der Waals surface area contributed by atoms with Gasteiger partial charge in [0.05, 0.1) is 30.9 Å². The fraction of sp³-hybridized carbons (Fsp3) is 0.300. The van der Waals surface area contributed by atoms with Gasteiger partial charge in [-0.05, 0) is 36.6 Å². The van der Waals surface area contributed by atoms with Gasteiger partial charge in [0.25, 0.3) is 0 Å². The van der Waals surface area contributed by atoms with Crippen LogP contribution in [0.3, 0.4) is 0 Å². The lowest BCUT2D eigenvalue weighted by atomic mass is 10.1. The van der Waals surface area contributed by atoms with Crippen molar-refractivity contribution in [3.8, 4) is 11.5 Å². The van der Waals surface area contributed by atoms with Crippen LogP contribution in [0.5, 0.6) is 11.5 Å². The fourth-order valence-electron chi connectivity index (χ4n) is 2.92. The van der Waals surface area contributed by atoms with Gasteiger partial charge in [-0.2, -0.15) is 0 Å². The van der Waals surface area contributed by atoms with E-state index in [4.69, 9.17) is 9.47 Å². The monoisotopic (exact) mass is 386 g/mol. The molecule has 7 heteroatoms. The molecule has 0 bridgehead atoms. The number of rotatable bonds is 6. The van der Waals surface area contributed by atoms with Crippen molar-refractivity contribution < 1.29 is 19.1 Å². The number of ether oxygens (including phenoxy) is 2. The van der Waals surface area contributed by atoms with Crippen LogP contribution in [0.2, 0.25) is 0 Å². The van der Waals surface area contributed by atoms with Gasteiger partial charge in [-0.1, -0.05) is 18.2 Å². The van der Waals surface area contributed by atoms with Gasteiger partial charge in [0, 0.05) is 11.8 Å². The SMILES string of the molecule is COc1ccc(OC)c(NC(=O)CS[C@H]2CCc3ccccc3NC2=O)c1. The van der Waals surface area contributed by atoms with Crippen molar-refractivity contribution in [3.05, 3.63) is 48.0 Å². The number of hydrogen-bond donors (Lipinski definition) is 2. The molecular formula is C20H22N2O4S. The molecule has 142 valence electrons. The van der Waals surface area contributed by atoms with E-state index in [9.17, 15) is 9.59 Å². The van der Waals surface area contributed by atoms with Crippen molar-refractivity contribution in [3.63, 3.8) is 0 Å². The molecule has 6 nitrogen and oxygen atoms in total. The Morgan fingerprint density at radius 2 is 2.04 bits per heavy atom. The standard InChI is InChI=1S/C20H22N2O4S/c1-25-14-8-9-17(26-2)16(11-14)21-19(23)12-27-18-10-7-13-5-3-4-6-15(13)22-20(18)24/h3-6,8-9,11,18H,7,10,12H2,1-2H3,(H,21,23)(H,22,24)/t18-/m0/s1. The predicted octanol–water partition coefficient (Wildman–Crippen LogP) is 3.33. The number of nitrogens with one attached hydrogen (secondary N) is 2. The van der Waals surface area contributed by atoms with Crippen molar-refractivity contribution in [1.82, 2.24) is 0 Å². The van der Waals surface area contributed by atoms with E-state index in [0.717, 1.165) is 17.7 Å². The van der Waals surface area contributed by atoms with E-state index < -0.39 is 0 Å². The summed E-state index contributed by atoms with van der Waals surface area (Å²) in [6.07, 6.45) is 1.50. The summed E-state index contributed by atoms with van der Waals surface area (Å²) in [4.78, 5) is 24.8. The quantitative estimate of drug-likeness (QED) is 0.796. The van der Waals surface area contributed by atoms with Crippen molar-refractivity contribution in [2.45, 2.75) is 18.1 Å². The number of hydrogen-bond acceptors (Lipinski definition) is 5. The first-order chi connectivity index (χ1) is 13.1. The first-order valence-corrected chi connectivity index (χ1v) is 9.68. The molecule has 0 fully saturated rings. The summed E-state index contributed by atoms with van der Waals surface area (Å²) in [5.74, 6) is 1.10. The average molecular weight is 386 g/mol. The lowest BCUT2D eigenvalue weighted by Crippen LogP contribution is -2.26. The minimum atomic E-state index is -0.268. The van der Waals surface area contributed by atoms with Crippen LogP contribution < -0.4 is 20.1 Å². The molecule has 2 amide bonds. The third-order valence-electron chi connectivity index (χ3n) is 4.34. The zero-order valence-electron chi connectivity index (χ0n) is 15.3. The van der Waals surface area contributed by atoms with Crippen LogP contribution in [0.15, 0.2) is 42.5 Å². The van der Waals surface area contributed by atoms with Crippen LogP contribution in [-0.2, 0) is 16.0 Å². The molecule has 0 radical (unpaired) electrons. The van der Waals surface area contributed by atoms with E-state index in [2.05, 4.69) is 10.6 Å². The van der Waals surface area contributed by atoms with Gasteiger partial charge in [0.15, 0.2) is 0 Å². The summed E-state index contributed by atoms with van der Waals surface area (Å²) in [6, 6.07) is 13.0. The summed E-state index contributed by atoms with van der Waals surface area (Å²) in [5, 5.41) is 5.51. The van der Waals surface area contributed by atoms with E-state index in [1.807, 2.05) is 24.3 Å². The second-order valence-corrected chi connectivity index (χ2v) is 7.29. The highest BCUT2D eigenvalue weighted by Crippen LogP contribution is 2.30. The van der Waals surface area contributed by atoms with Crippen LogP contribution in [0.1, 0.15) is 12.0 Å². The maximum atomic E-state index is 12.4. The number of fused-ring (bicyclic) bond motifs is 1. The van der Waals surface area contributed by atoms with E-state index in [-0.39, 0.29) is 22.8 Å².